The SMILES string of the molecule is CN1C(=O)[C@@H](NC(=O)c2nnn3c2C[C@H](C(F)(F)F)CC3)COc2ccccc21. The summed E-state index contributed by atoms with van der Waals surface area (Å²) < 4.78 is 46.2. The van der Waals surface area contributed by atoms with Crippen LogP contribution >= 0.6 is 0 Å². The van der Waals surface area contributed by atoms with E-state index in [4.69, 9.17) is 4.74 Å². The quantitative estimate of drug-likeness (QED) is 0.813. The van der Waals surface area contributed by atoms with E-state index in [2.05, 4.69) is 15.6 Å². The summed E-state index contributed by atoms with van der Waals surface area (Å²) in [6, 6.07) is 5.92. The number of aromatic nitrogens is 3. The van der Waals surface area contributed by atoms with Gasteiger partial charge in [0.15, 0.2) is 5.69 Å². The number of halogens is 3. The number of nitrogens with one attached hydrogen (secondary N) is 1. The van der Waals surface area contributed by atoms with Gasteiger partial charge in [0.05, 0.1) is 17.3 Å². The molecule has 1 aromatic carbocycles. The van der Waals surface area contributed by atoms with Crippen molar-refractivity contribution in [3.63, 3.8) is 0 Å². The molecule has 0 aliphatic carbocycles. The van der Waals surface area contributed by atoms with Crippen LogP contribution < -0.4 is 15.0 Å². The highest BCUT2D eigenvalue weighted by molar-refractivity contribution is 6.03. The van der Waals surface area contributed by atoms with E-state index in [1.54, 1.807) is 31.3 Å². The van der Waals surface area contributed by atoms with Gasteiger partial charge in [-0.05, 0) is 18.6 Å². The highest BCUT2D eigenvalue weighted by Crippen LogP contribution is 2.35. The number of alkyl halides is 3. The molecule has 0 saturated heterocycles. The average Bonchev–Trinajstić information content (AvgIpc) is 3.08. The lowest BCUT2D eigenvalue weighted by molar-refractivity contribution is -0.179. The minimum atomic E-state index is -4.36. The molecule has 2 aromatic rings. The van der Waals surface area contributed by atoms with Crippen molar-refractivity contribution in [3.05, 3.63) is 35.7 Å². The Bertz CT molecular complexity index is 958. The summed E-state index contributed by atoms with van der Waals surface area (Å²) >= 11 is 0. The number of rotatable bonds is 2. The fraction of sp³-hybridized carbons (Fsp3) is 0.444. The minimum Gasteiger partial charge on any atom is -0.489 e. The van der Waals surface area contributed by atoms with Crippen LogP contribution in [0.4, 0.5) is 18.9 Å². The van der Waals surface area contributed by atoms with Gasteiger partial charge in [-0.25, -0.2) is 4.68 Å². The molecule has 1 aromatic heterocycles. The van der Waals surface area contributed by atoms with Crippen LogP contribution in [0.3, 0.4) is 0 Å². The van der Waals surface area contributed by atoms with E-state index < -0.39 is 30.0 Å². The first-order valence-electron chi connectivity index (χ1n) is 9.05. The normalized spacial score (nSPS) is 21.7. The predicted molar refractivity (Wildman–Crippen MR) is 94.5 cm³/mol. The van der Waals surface area contributed by atoms with Gasteiger partial charge in [0.25, 0.3) is 11.8 Å². The number of aryl methyl sites for hydroxylation is 1. The van der Waals surface area contributed by atoms with Gasteiger partial charge in [-0.1, -0.05) is 17.3 Å². The van der Waals surface area contributed by atoms with Gasteiger partial charge in [-0.2, -0.15) is 13.2 Å². The molecule has 2 atom stereocenters. The third kappa shape index (κ3) is 3.52. The van der Waals surface area contributed by atoms with Crippen LogP contribution in [-0.2, 0) is 17.8 Å². The number of amides is 2. The fourth-order valence-electron chi connectivity index (χ4n) is 3.57. The number of ether oxygens (including phenoxy) is 1. The van der Waals surface area contributed by atoms with E-state index in [-0.39, 0.29) is 37.4 Å². The largest absolute Gasteiger partial charge is 0.489 e. The number of benzene rings is 1. The van der Waals surface area contributed by atoms with Crippen LogP contribution in [0.5, 0.6) is 5.75 Å². The zero-order valence-corrected chi connectivity index (χ0v) is 15.4. The second kappa shape index (κ2) is 7.05. The van der Waals surface area contributed by atoms with E-state index in [1.807, 2.05) is 0 Å². The Labute approximate surface area is 163 Å². The van der Waals surface area contributed by atoms with Crippen molar-refractivity contribution >= 4 is 17.5 Å². The second-order valence-electron chi connectivity index (χ2n) is 7.04. The summed E-state index contributed by atoms with van der Waals surface area (Å²) in [5.41, 5.74) is 0.481. The first kappa shape index (κ1) is 19.2. The molecule has 3 heterocycles. The number of nitrogens with zero attached hydrogens (tertiary/aromatic N) is 4. The molecule has 1 N–H and O–H groups in total. The van der Waals surface area contributed by atoms with Crippen LogP contribution in [0, 0.1) is 5.92 Å². The molecule has 0 saturated carbocycles. The van der Waals surface area contributed by atoms with Crippen LogP contribution in [0.1, 0.15) is 22.6 Å². The van der Waals surface area contributed by atoms with E-state index in [0.29, 0.717) is 11.4 Å². The molecule has 2 aliphatic rings. The Morgan fingerprint density at radius 2 is 2.07 bits per heavy atom. The van der Waals surface area contributed by atoms with Crippen LogP contribution in [0.2, 0.25) is 0 Å². The van der Waals surface area contributed by atoms with Crippen molar-refractivity contribution in [1.29, 1.82) is 0 Å². The molecule has 0 unspecified atom stereocenters. The standard InChI is InChI=1S/C18H18F3N5O3/c1-25-12-4-2-3-5-14(12)29-9-11(17(25)28)22-16(27)15-13-8-10(18(19,20)21)6-7-26(13)24-23-15/h2-5,10-11H,6-9H2,1H3,(H,22,27)/t10-,11+/m1/s1. The molecule has 11 heteroatoms. The summed E-state index contributed by atoms with van der Waals surface area (Å²) in [5.74, 6) is -2.22. The zero-order chi connectivity index (χ0) is 20.8. The number of carbonyl (C=O) groups excluding carboxylic acids is 2. The van der Waals surface area contributed by atoms with Gasteiger partial charge < -0.3 is 15.0 Å². The van der Waals surface area contributed by atoms with E-state index in [1.165, 1.54) is 9.58 Å². The van der Waals surface area contributed by atoms with Crippen molar-refractivity contribution in [1.82, 2.24) is 20.3 Å². The third-order valence-corrected chi connectivity index (χ3v) is 5.21. The molecular formula is C18H18F3N5O3. The van der Waals surface area contributed by atoms with Crippen molar-refractivity contribution in [2.75, 3.05) is 18.6 Å². The zero-order valence-electron chi connectivity index (χ0n) is 15.4. The van der Waals surface area contributed by atoms with Crippen LogP contribution in [0.15, 0.2) is 24.3 Å². The van der Waals surface area contributed by atoms with E-state index >= 15 is 0 Å². The maximum atomic E-state index is 13.1. The van der Waals surface area contributed by atoms with Gasteiger partial charge in [-0.15, -0.1) is 5.10 Å². The molecule has 0 bridgehead atoms. The van der Waals surface area contributed by atoms with E-state index in [0.717, 1.165) is 0 Å². The van der Waals surface area contributed by atoms with Gasteiger partial charge in [0, 0.05) is 20.0 Å². The maximum Gasteiger partial charge on any atom is 0.392 e. The molecule has 29 heavy (non-hydrogen) atoms. The minimum absolute atomic E-state index is 0.0311. The third-order valence-electron chi connectivity index (χ3n) is 5.21. The highest BCUT2D eigenvalue weighted by atomic mass is 19.4. The number of fused-ring (bicyclic) bond motifs is 2. The number of para-hydroxylation sites is 2. The Morgan fingerprint density at radius 3 is 2.83 bits per heavy atom. The van der Waals surface area contributed by atoms with Gasteiger partial charge in [-0.3, -0.25) is 9.59 Å². The molecule has 8 nitrogen and oxygen atoms in total. The Kier molecular flexibility index (Phi) is 4.67. The summed E-state index contributed by atoms with van der Waals surface area (Å²) in [4.78, 5) is 26.8. The topological polar surface area (TPSA) is 89.4 Å². The molecule has 2 aliphatic heterocycles. The Morgan fingerprint density at radius 1 is 1.31 bits per heavy atom. The summed E-state index contributed by atoms with van der Waals surface area (Å²) in [5, 5.41) is 10.1. The number of hydrogen-bond donors (Lipinski definition) is 1. The van der Waals surface area contributed by atoms with Crippen molar-refractivity contribution in [3.8, 4) is 5.75 Å². The molecule has 0 radical (unpaired) electrons. The van der Waals surface area contributed by atoms with Crippen molar-refractivity contribution in [2.45, 2.75) is 31.6 Å². The van der Waals surface area contributed by atoms with Crippen LogP contribution in [0.25, 0.3) is 0 Å². The highest BCUT2D eigenvalue weighted by Gasteiger charge is 2.43. The Hall–Kier alpha value is -3.11. The predicted octanol–water partition coefficient (Wildman–Crippen LogP) is 1.56. The van der Waals surface area contributed by atoms with E-state index in [9.17, 15) is 22.8 Å². The number of hydrogen-bond acceptors (Lipinski definition) is 5. The second-order valence-corrected chi connectivity index (χ2v) is 7.04. The Balaban J connectivity index is 1.53. The number of anilines is 1. The molecule has 154 valence electrons. The molecule has 4 rings (SSSR count). The molecule has 0 fully saturated rings. The monoisotopic (exact) mass is 409 g/mol. The number of likely N-dealkylation sites (N-methyl/N-ethyl adjacent to an activating group) is 1. The van der Waals surface area contributed by atoms with Gasteiger partial charge >= 0.3 is 6.18 Å². The van der Waals surface area contributed by atoms with Crippen molar-refractivity contribution < 1.29 is 27.5 Å². The molecule has 0 spiro atoms. The van der Waals surface area contributed by atoms with Gasteiger partial charge in [0.2, 0.25) is 0 Å². The lowest BCUT2D eigenvalue weighted by atomic mass is 9.94. The average molecular weight is 409 g/mol. The smallest absolute Gasteiger partial charge is 0.392 e. The van der Waals surface area contributed by atoms with Crippen molar-refractivity contribution in [2.24, 2.45) is 5.92 Å². The molecule has 2 amide bonds. The lowest BCUT2D eigenvalue weighted by Gasteiger charge is -2.25. The number of carbonyl (C=O) groups is 2. The first-order valence-corrected chi connectivity index (χ1v) is 9.05. The first-order chi connectivity index (χ1) is 13.8. The summed E-state index contributed by atoms with van der Waals surface area (Å²) in [7, 11) is 1.56. The summed E-state index contributed by atoms with van der Waals surface area (Å²) in [6.07, 6.45) is -4.85. The molecular weight excluding hydrogens is 391 g/mol. The summed E-state index contributed by atoms with van der Waals surface area (Å²) in [6.45, 7) is -0.0795. The lowest BCUT2D eigenvalue weighted by Crippen LogP contribution is -2.49. The van der Waals surface area contributed by atoms with Crippen LogP contribution in [-0.4, -0.2) is 52.7 Å². The van der Waals surface area contributed by atoms with Gasteiger partial charge in [0.1, 0.15) is 18.4 Å². The fourth-order valence-corrected chi connectivity index (χ4v) is 3.57. The maximum absolute atomic E-state index is 13.1.